The van der Waals surface area contributed by atoms with Gasteiger partial charge in [-0.1, -0.05) is 49.5 Å². The summed E-state index contributed by atoms with van der Waals surface area (Å²) in [7, 11) is 0. The summed E-state index contributed by atoms with van der Waals surface area (Å²) >= 11 is 12.2. The van der Waals surface area contributed by atoms with Gasteiger partial charge in [-0.15, -0.1) is 5.10 Å². The fourth-order valence-electron chi connectivity index (χ4n) is 2.05. The van der Waals surface area contributed by atoms with E-state index < -0.39 is 0 Å². The standard InChI is InChI=1S/C16H20Cl2N2O/c1-3-5-8-21-16-10-14(4-2)20(19-16)11-12-6-7-13(17)9-15(12)18/h6-7,9-10H,3-5,8,11H2,1-2H3. The third-order valence-corrected chi connectivity index (χ3v) is 3.87. The van der Waals surface area contributed by atoms with Crippen LogP contribution in [0.3, 0.4) is 0 Å². The molecule has 0 aliphatic carbocycles. The second-order valence-corrected chi connectivity index (χ2v) is 5.77. The van der Waals surface area contributed by atoms with Gasteiger partial charge >= 0.3 is 0 Å². The molecule has 0 N–H and O–H groups in total. The van der Waals surface area contributed by atoms with Gasteiger partial charge in [-0.3, -0.25) is 4.68 Å². The number of hydrogen-bond donors (Lipinski definition) is 0. The molecule has 114 valence electrons. The minimum Gasteiger partial charge on any atom is -0.477 e. The van der Waals surface area contributed by atoms with E-state index in [2.05, 4.69) is 18.9 Å². The van der Waals surface area contributed by atoms with Crippen molar-refractivity contribution in [2.75, 3.05) is 6.61 Å². The van der Waals surface area contributed by atoms with Gasteiger partial charge in [0.1, 0.15) is 0 Å². The highest BCUT2D eigenvalue weighted by molar-refractivity contribution is 6.35. The second kappa shape index (κ2) is 7.71. The van der Waals surface area contributed by atoms with E-state index in [-0.39, 0.29) is 0 Å². The van der Waals surface area contributed by atoms with Crippen molar-refractivity contribution in [3.8, 4) is 5.88 Å². The molecule has 0 saturated carbocycles. The van der Waals surface area contributed by atoms with Crippen LogP contribution >= 0.6 is 23.2 Å². The molecule has 3 nitrogen and oxygen atoms in total. The van der Waals surface area contributed by atoms with Crippen molar-refractivity contribution < 1.29 is 4.74 Å². The van der Waals surface area contributed by atoms with Gasteiger partial charge in [0.25, 0.3) is 0 Å². The highest BCUT2D eigenvalue weighted by atomic mass is 35.5. The van der Waals surface area contributed by atoms with Crippen molar-refractivity contribution in [3.05, 3.63) is 45.6 Å². The number of nitrogens with zero attached hydrogens (tertiary/aromatic N) is 2. The zero-order valence-electron chi connectivity index (χ0n) is 12.4. The molecule has 0 spiro atoms. The zero-order chi connectivity index (χ0) is 15.2. The molecule has 0 amide bonds. The molecule has 5 heteroatoms. The van der Waals surface area contributed by atoms with Crippen LogP contribution in [-0.4, -0.2) is 16.4 Å². The van der Waals surface area contributed by atoms with Crippen molar-refractivity contribution >= 4 is 23.2 Å². The Morgan fingerprint density at radius 3 is 2.67 bits per heavy atom. The summed E-state index contributed by atoms with van der Waals surface area (Å²) in [5.74, 6) is 0.686. The summed E-state index contributed by atoms with van der Waals surface area (Å²) < 4.78 is 7.61. The topological polar surface area (TPSA) is 27.1 Å². The Morgan fingerprint density at radius 1 is 1.19 bits per heavy atom. The smallest absolute Gasteiger partial charge is 0.233 e. The van der Waals surface area contributed by atoms with E-state index in [1.165, 1.54) is 0 Å². The molecule has 0 saturated heterocycles. The molecule has 0 atom stereocenters. The molecule has 0 radical (unpaired) electrons. The average molecular weight is 327 g/mol. The summed E-state index contributed by atoms with van der Waals surface area (Å²) in [5.41, 5.74) is 2.13. The number of halogens is 2. The van der Waals surface area contributed by atoms with Crippen molar-refractivity contribution in [2.45, 2.75) is 39.7 Å². The van der Waals surface area contributed by atoms with E-state index in [1.807, 2.05) is 22.9 Å². The Balaban J connectivity index is 2.14. The molecular formula is C16H20Cl2N2O. The molecule has 1 aromatic heterocycles. The summed E-state index contributed by atoms with van der Waals surface area (Å²) in [4.78, 5) is 0. The van der Waals surface area contributed by atoms with Crippen LogP contribution in [0, 0.1) is 0 Å². The molecule has 0 unspecified atom stereocenters. The van der Waals surface area contributed by atoms with Crippen LogP contribution in [0.5, 0.6) is 5.88 Å². The monoisotopic (exact) mass is 326 g/mol. The van der Waals surface area contributed by atoms with Crippen molar-refractivity contribution in [1.29, 1.82) is 0 Å². The van der Waals surface area contributed by atoms with Crippen LogP contribution < -0.4 is 4.74 Å². The molecule has 0 fully saturated rings. The predicted molar refractivity (Wildman–Crippen MR) is 87.6 cm³/mol. The molecule has 1 aromatic carbocycles. The Kier molecular flexibility index (Phi) is 5.95. The van der Waals surface area contributed by atoms with Gasteiger partial charge in [-0.05, 0) is 30.5 Å². The van der Waals surface area contributed by atoms with Gasteiger partial charge in [-0.25, -0.2) is 0 Å². The largest absolute Gasteiger partial charge is 0.477 e. The predicted octanol–water partition coefficient (Wildman–Crippen LogP) is 4.98. The van der Waals surface area contributed by atoms with Crippen LogP contribution in [0.4, 0.5) is 0 Å². The molecule has 0 bridgehead atoms. The Bertz CT molecular complexity index is 596. The first kappa shape index (κ1) is 16.2. The Morgan fingerprint density at radius 2 is 2.00 bits per heavy atom. The molecular weight excluding hydrogens is 307 g/mol. The minimum absolute atomic E-state index is 0.621. The average Bonchev–Trinajstić information content (AvgIpc) is 2.84. The first-order valence-electron chi connectivity index (χ1n) is 7.27. The lowest BCUT2D eigenvalue weighted by molar-refractivity contribution is 0.294. The molecule has 2 rings (SSSR count). The quantitative estimate of drug-likeness (QED) is 0.671. The van der Waals surface area contributed by atoms with Crippen LogP contribution in [0.2, 0.25) is 10.0 Å². The van der Waals surface area contributed by atoms with E-state index in [0.29, 0.717) is 29.1 Å². The first-order valence-corrected chi connectivity index (χ1v) is 8.03. The van der Waals surface area contributed by atoms with E-state index in [1.54, 1.807) is 6.07 Å². The van der Waals surface area contributed by atoms with Crippen molar-refractivity contribution in [3.63, 3.8) is 0 Å². The van der Waals surface area contributed by atoms with Crippen LogP contribution in [0.15, 0.2) is 24.3 Å². The Labute approximate surface area is 135 Å². The van der Waals surface area contributed by atoms with Crippen molar-refractivity contribution in [2.24, 2.45) is 0 Å². The number of unbranched alkanes of at least 4 members (excludes halogenated alkanes) is 1. The number of hydrogen-bond acceptors (Lipinski definition) is 2. The van der Waals surface area contributed by atoms with E-state index in [4.69, 9.17) is 27.9 Å². The summed E-state index contributed by atoms with van der Waals surface area (Å²) in [5, 5.41) is 5.82. The van der Waals surface area contributed by atoms with E-state index in [9.17, 15) is 0 Å². The fraction of sp³-hybridized carbons (Fsp3) is 0.438. The molecule has 21 heavy (non-hydrogen) atoms. The lowest BCUT2D eigenvalue weighted by Crippen LogP contribution is -2.06. The number of benzene rings is 1. The van der Waals surface area contributed by atoms with Gasteiger partial charge in [0.2, 0.25) is 5.88 Å². The van der Waals surface area contributed by atoms with Crippen molar-refractivity contribution in [1.82, 2.24) is 9.78 Å². The van der Waals surface area contributed by atoms with Gasteiger partial charge in [-0.2, -0.15) is 0 Å². The van der Waals surface area contributed by atoms with Gasteiger partial charge in [0.05, 0.1) is 13.2 Å². The number of rotatable bonds is 7. The highest BCUT2D eigenvalue weighted by Gasteiger charge is 2.10. The third kappa shape index (κ3) is 4.39. The molecule has 0 aliphatic rings. The highest BCUT2D eigenvalue weighted by Crippen LogP contribution is 2.23. The number of ether oxygens (including phenoxy) is 1. The zero-order valence-corrected chi connectivity index (χ0v) is 13.9. The molecule has 1 heterocycles. The van der Waals surface area contributed by atoms with Gasteiger partial charge < -0.3 is 4.74 Å². The van der Waals surface area contributed by atoms with Gasteiger partial charge in [0.15, 0.2) is 0 Å². The molecule has 2 aromatic rings. The lowest BCUT2D eigenvalue weighted by Gasteiger charge is -2.08. The first-order chi connectivity index (χ1) is 10.1. The second-order valence-electron chi connectivity index (χ2n) is 4.92. The number of aromatic nitrogens is 2. The van der Waals surface area contributed by atoms with Crippen LogP contribution in [0.25, 0.3) is 0 Å². The van der Waals surface area contributed by atoms with E-state index >= 15 is 0 Å². The lowest BCUT2D eigenvalue weighted by atomic mass is 10.2. The maximum Gasteiger partial charge on any atom is 0.233 e. The molecule has 0 aliphatic heterocycles. The fourth-order valence-corrected chi connectivity index (χ4v) is 2.52. The number of aryl methyl sites for hydroxylation is 1. The third-order valence-electron chi connectivity index (χ3n) is 3.29. The maximum absolute atomic E-state index is 6.23. The summed E-state index contributed by atoms with van der Waals surface area (Å²) in [6, 6.07) is 7.53. The normalized spacial score (nSPS) is 10.9. The Hall–Kier alpha value is -1.19. The summed E-state index contributed by atoms with van der Waals surface area (Å²) in [6.07, 6.45) is 3.05. The SMILES string of the molecule is CCCCOc1cc(CC)n(Cc2ccc(Cl)cc2Cl)n1. The minimum atomic E-state index is 0.621. The van der Waals surface area contributed by atoms with Crippen LogP contribution in [0.1, 0.15) is 37.9 Å². The maximum atomic E-state index is 6.23. The summed E-state index contributed by atoms with van der Waals surface area (Å²) in [6.45, 7) is 5.57. The van der Waals surface area contributed by atoms with Gasteiger partial charge in [0, 0.05) is 21.8 Å². The van der Waals surface area contributed by atoms with E-state index in [0.717, 1.165) is 30.5 Å². The van der Waals surface area contributed by atoms with Crippen LogP contribution in [-0.2, 0) is 13.0 Å².